The van der Waals surface area contributed by atoms with Crippen molar-refractivity contribution in [1.29, 1.82) is 0 Å². The highest BCUT2D eigenvalue weighted by molar-refractivity contribution is 7.98. The number of carboxylic acids is 1. The average Bonchev–Trinajstić information content (AvgIpc) is 2.84. The van der Waals surface area contributed by atoms with E-state index in [0.717, 1.165) is 0 Å². The van der Waals surface area contributed by atoms with Crippen molar-refractivity contribution >= 4 is 17.7 Å². The molecule has 0 fully saturated rings. The van der Waals surface area contributed by atoms with Crippen molar-refractivity contribution in [3.8, 4) is 0 Å². The minimum atomic E-state index is -0.808. The second-order valence-corrected chi connectivity index (χ2v) is 6.08. The maximum atomic E-state index is 10.6. The van der Waals surface area contributed by atoms with Crippen LogP contribution in [0.2, 0.25) is 0 Å². The van der Waals surface area contributed by atoms with Crippen LogP contribution in [-0.4, -0.2) is 21.2 Å². The van der Waals surface area contributed by atoms with Crippen LogP contribution in [0.4, 0.5) is 0 Å². The molecule has 0 spiro atoms. The van der Waals surface area contributed by atoms with Gasteiger partial charge in [0, 0.05) is 17.7 Å². The number of aromatic nitrogens is 2. The van der Waals surface area contributed by atoms with Gasteiger partial charge in [0.05, 0.1) is 5.75 Å². The summed E-state index contributed by atoms with van der Waals surface area (Å²) in [6, 6.07) is 8.15. The van der Waals surface area contributed by atoms with Crippen LogP contribution < -0.4 is 0 Å². The first-order valence-electron chi connectivity index (χ1n) is 6.76. The first-order valence-corrected chi connectivity index (χ1v) is 7.75. The molecule has 112 valence electrons. The van der Waals surface area contributed by atoms with Gasteiger partial charge in [0.25, 0.3) is 0 Å². The lowest BCUT2D eigenvalue weighted by Gasteiger charge is -2.03. The zero-order valence-corrected chi connectivity index (χ0v) is 12.9. The topological polar surface area (TPSA) is 76.2 Å². The molecule has 0 amide bonds. The quantitative estimate of drug-likeness (QED) is 0.791. The lowest BCUT2D eigenvalue weighted by Crippen LogP contribution is -2.07. The predicted octanol–water partition coefficient (Wildman–Crippen LogP) is 3.32. The molecule has 0 aliphatic rings. The van der Waals surface area contributed by atoms with Crippen LogP contribution in [0, 0.1) is 12.8 Å². The number of hydrogen-bond acceptors (Lipinski definition) is 5. The molecule has 1 aromatic carbocycles. The molecular weight excluding hydrogens is 288 g/mol. The molecule has 1 unspecified atom stereocenters. The summed E-state index contributed by atoms with van der Waals surface area (Å²) in [6.45, 7) is 3.93. The van der Waals surface area contributed by atoms with E-state index in [-0.39, 0.29) is 12.3 Å². The van der Waals surface area contributed by atoms with Gasteiger partial charge in [-0.3, -0.25) is 4.79 Å². The first-order chi connectivity index (χ1) is 10.0. The molecule has 6 heteroatoms. The number of thioether (sulfide) groups is 1. The minimum Gasteiger partial charge on any atom is -0.481 e. The van der Waals surface area contributed by atoms with Crippen molar-refractivity contribution < 1.29 is 14.4 Å². The Kier molecular flexibility index (Phi) is 5.38. The van der Waals surface area contributed by atoms with Crippen LogP contribution in [0.15, 0.2) is 33.7 Å². The number of hydrogen-bond donors (Lipinski definition) is 1. The standard InChI is InChI=1S/C15H18N2O3S/c1-10(8-15(18)19)7-14-16-13(17-20-14)9-21-12-6-4-3-5-11(12)2/h3-6,10H,7-9H2,1-2H3,(H,18,19). The van der Waals surface area contributed by atoms with Crippen molar-refractivity contribution in [3.63, 3.8) is 0 Å². The molecule has 0 aliphatic heterocycles. The van der Waals surface area contributed by atoms with Gasteiger partial charge in [-0.15, -0.1) is 11.8 Å². The van der Waals surface area contributed by atoms with Crippen LogP contribution in [0.1, 0.15) is 30.6 Å². The van der Waals surface area contributed by atoms with Crippen LogP contribution in [0.5, 0.6) is 0 Å². The van der Waals surface area contributed by atoms with Crippen molar-refractivity contribution in [2.45, 2.75) is 37.3 Å². The van der Waals surface area contributed by atoms with E-state index in [4.69, 9.17) is 9.63 Å². The number of carboxylic acid groups (broad SMARTS) is 1. The van der Waals surface area contributed by atoms with Gasteiger partial charge in [0.2, 0.25) is 5.89 Å². The Labute approximate surface area is 127 Å². The highest BCUT2D eigenvalue weighted by Crippen LogP contribution is 2.24. The van der Waals surface area contributed by atoms with E-state index in [1.54, 1.807) is 11.8 Å². The molecule has 0 radical (unpaired) electrons. The van der Waals surface area contributed by atoms with E-state index < -0.39 is 5.97 Å². The number of benzene rings is 1. The maximum absolute atomic E-state index is 10.6. The normalized spacial score (nSPS) is 12.3. The molecule has 1 atom stereocenters. The smallest absolute Gasteiger partial charge is 0.303 e. The van der Waals surface area contributed by atoms with Gasteiger partial charge < -0.3 is 9.63 Å². The molecule has 1 heterocycles. The van der Waals surface area contributed by atoms with Crippen LogP contribution >= 0.6 is 11.8 Å². The summed E-state index contributed by atoms with van der Waals surface area (Å²) in [7, 11) is 0. The third-order valence-electron chi connectivity index (χ3n) is 3.01. The Morgan fingerprint density at radius 2 is 2.19 bits per heavy atom. The fourth-order valence-electron chi connectivity index (χ4n) is 1.96. The largest absolute Gasteiger partial charge is 0.481 e. The van der Waals surface area contributed by atoms with Gasteiger partial charge >= 0.3 is 5.97 Å². The molecule has 0 saturated heterocycles. The zero-order chi connectivity index (χ0) is 15.2. The molecule has 5 nitrogen and oxygen atoms in total. The van der Waals surface area contributed by atoms with Gasteiger partial charge in [-0.05, 0) is 24.5 Å². The molecule has 0 bridgehead atoms. The summed E-state index contributed by atoms with van der Waals surface area (Å²) < 4.78 is 5.17. The SMILES string of the molecule is Cc1ccccc1SCc1noc(CC(C)CC(=O)O)n1. The summed E-state index contributed by atoms with van der Waals surface area (Å²) in [6.07, 6.45) is 0.601. The molecule has 0 aliphatic carbocycles. The summed E-state index contributed by atoms with van der Waals surface area (Å²) in [4.78, 5) is 16.1. The Morgan fingerprint density at radius 1 is 1.43 bits per heavy atom. The predicted molar refractivity (Wildman–Crippen MR) is 80.2 cm³/mol. The fourth-order valence-corrected chi connectivity index (χ4v) is 2.83. The van der Waals surface area contributed by atoms with E-state index in [2.05, 4.69) is 29.2 Å². The fraction of sp³-hybridized carbons (Fsp3) is 0.400. The van der Waals surface area contributed by atoms with Crippen molar-refractivity contribution in [3.05, 3.63) is 41.5 Å². The zero-order valence-electron chi connectivity index (χ0n) is 12.1. The van der Waals surface area contributed by atoms with Crippen LogP contribution in [-0.2, 0) is 17.0 Å². The summed E-state index contributed by atoms with van der Waals surface area (Å²) in [5.74, 6) is 0.962. The van der Waals surface area contributed by atoms with Gasteiger partial charge in [0.15, 0.2) is 5.82 Å². The number of nitrogens with zero attached hydrogens (tertiary/aromatic N) is 2. The third kappa shape index (κ3) is 4.90. The molecular formula is C15H18N2O3S. The Hall–Kier alpha value is -1.82. The molecule has 2 aromatic rings. The van der Waals surface area contributed by atoms with Gasteiger partial charge in [-0.1, -0.05) is 30.3 Å². The van der Waals surface area contributed by atoms with Crippen LogP contribution in [0.25, 0.3) is 0 Å². The van der Waals surface area contributed by atoms with Crippen molar-refractivity contribution in [2.24, 2.45) is 5.92 Å². The highest BCUT2D eigenvalue weighted by Gasteiger charge is 2.14. The van der Waals surface area contributed by atoms with E-state index in [0.29, 0.717) is 23.9 Å². The summed E-state index contributed by atoms with van der Waals surface area (Å²) in [5.41, 5.74) is 1.22. The molecule has 1 N–H and O–H groups in total. The number of aliphatic carboxylic acids is 1. The summed E-state index contributed by atoms with van der Waals surface area (Å²) >= 11 is 1.66. The Balaban J connectivity index is 1.88. The summed E-state index contributed by atoms with van der Waals surface area (Å²) in [5, 5.41) is 12.7. The molecule has 1 aromatic heterocycles. The highest BCUT2D eigenvalue weighted by atomic mass is 32.2. The molecule has 0 saturated carbocycles. The van der Waals surface area contributed by atoms with E-state index in [9.17, 15) is 4.79 Å². The maximum Gasteiger partial charge on any atom is 0.303 e. The second kappa shape index (κ2) is 7.26. The minimum absolute atomic E-state index is 0.0141. The lowest BCUT2D eigenvalue weighted by atomic mass is 10.0. The van der Waals surface area contributed by atoms with Crippen molar-refractivity contribution in [1.82, 2.24) is 10.1 Å². The first kappa shape index (κ1) is 15.6. The van der Waals surface area contributed by atoms with E-state index in [1.165, 1.54) is 10.5 Å². The number of aryl methyl sites for hydroxylation is 1. The Morgan fingerprint density at radius 3 is 2.90 bits per heavy atom. The van der Waals surface area contributed by atoms with Gasteiger partial charge in [-0.2, -0.15) is 4.98 Å². The number of carbonyl (C=O) groups is 1. The third-order valence-corrected chi connectivity index (χ3v) is 4.18. The van der Waals surface area contributed by atoms with Gasteiger partial charge in [0.1, 0.15) is 0 Å². The average molecular weight is 306 g/mol. The van der Waals surface area contributed by atoms with Crippen LogP contribution in [0.3, 0.4) is 0 Å². The number of rotatable bonds is 7. The van der Waals surface area contributed by atoms with E-state index in [1.807, 2.05) is 19.1 Å². The molecule has 21 heavy (non-hydrogen) atoms. The monoisotopic (exact) mass is 306 g/mol. The van der Waals surface area contributed by atoms with Gasteiger partial charge in [-0.25, -0.2) is 0 Å². The molecule has 2 rings (SSSR count). The lowest BCUT2D eigenvalue weighted by molar-refractivity contribution is -0.137. The Bertz CT molecular complexity index is 612. The van der Waals surface area contributed by atoms with Crippen molar-refractivity contribution in [2.75, 3.05) is 0 Å². The second-order valence-electron chi connectivity index (χ2n) is 5.07. The van der Waals surface area contributed by atoms with E-state index >= 15 is 0 Å².